The maximum atomic E-state index is 12.3. The summed E-state index contributed by atoms with van der Waals surface area (Å²) in [5, 5.41) is 0. The van der Waals surface area contributed by atoms with Crippen LogP contribution < -0.4 is 0 Å². The van der Waals surface area contributed by atoms with Gasteiger partial charge in [-0.25, -0.2) is 9.97 Å². The van der Waals surface area contributed by atoms with Crippen molar-refractivity contribution in [3.63, 3.8) is 0 Å². The van der Waals surface area contributed by atoms with Gasteiger partial charge in [-0.3, -0.25) is 4.79 Å². The lowest BCUT2D eigenvalue weighted by Gasteiger charge is -2.30. The van der Waals surface area contributed by atoms with Gasteiger partial charge in [0.15, 0.2) is 0 Å². The van der Waals surface area contributed by atoms with E-state index in [1.54, 1.807) is 6.20 Å². The fraction of sp³-hybridized carbons (Fsp3) is 0.615. The largest absolute Gasteiger partial charge is 0.339 e. The van der Waals surface area contributed by atoms with Crippen molar-refractivity contribution in [1.82, 2.24) is 14.9 Å². The summed E-state index contributed by atoms with van der Waals surface area (Å²) in [6.07, 6.45) is 3.84. The van der Waals surface area contributed by atoms with Gasteiger partial charge in [0.2, 0.25) is 0 Å². The third kappa shape index (κ3) is 2.62. The second-order valence-electron chi connectivity index (χ2n) is 4.89. The topological polar surface area (TPSA) is 46.1 Å². The third-order valence-corrected chi connectivity index (χ3v) is 3.40. The molecule has 2 heterocycles. The van der Waals surface area contributed by atoms with Crippen LogP contribution in [-0.2, 0) is 0 Å². The maximum absolute atomic E-state index is 12.3. The molecule has 0 bridgehead atoms. The molecule has 0 atom stereocenters. The standard InChI is InChI=1S/C13H19N3O/c1-9-4-6-16(7-5-9)13(17)12-8-14-11(3)15-10(12)2/h8-9H,4-7H2,1-3H3. The van der Waals surface area contributed by atoms with Gasteiger partial charge in [-0.05, 0) is 32.6 Å². The lowest BCUT2D eigenvalue weighted by molar-refractivity contribution is 0.0695. The van der Waals surface area contributed by atoms with Crippen molar-refractivity contribution in [2.75, 3.05) is 13.1 Å². The highest BCUT2D eigenvalue weighted by molar-refractivity contribution is 5.94. The maximum Gasteiger partial charge on any atom is 0.257 e. The van der Waals surface area contributed by atoms with Crippen molar-refractivity contribution < 1.29 is 4.79 Å². The Kier molecular flexibility index (Phi) is 3.41. The SMILES string of the molecule is Cc1ncc(C(=O)N2CCC(C)CC2)c(C)n1. The van der Waals surface area contributed by atoms with Crippen LogP contribution in [0.2, 0.25) is 0 Å². The summed E-state index contributed by atoms with van der Waals surface area (Å²) in [4.78, 5) is 22.6. The third-order valence-electron chi connectivity index (χ3n) is 3.40. The van der Waals surface area contributed by atoms with Crippen LogP contribution in [0, 0.1) is 19.8 Å². The molecule has 1 aliphatic heterocycles. The number of hydrogen-bond acceptors (Lipinski definition) is 3. The van der Waals surface area contributed by atoms with E-state index in [0.29, 0.717) is 11.4 Å². The quantitative estimate of drug-likeness (QED) is 0.745. The highest BCUT2D eigenvalue weighted by Gasteiger charge is 2.23. The summed E-state index contributed by atoms with van der Waals surface area (Å²) < 4.78 is 0. The minimum absolute atomic E-state index is 0.0781. The lowest BCUT2D eigenvalue weighted by Crippen LogP contribution is -2.38. The molecule has 0 aromatic carbocycles. The first-order chi connectivity index (χ1) is 8.08. The van der Waals surface area contributed by atoms with Crippen molar-refractivity contribution >= 4 is 5.91 Å². The van der Waals surface area contributed by atoms with Crippen molar-refractivity contribution in [3.8, 4) is 0 Å². The molecular weight excluding hydrogens is 214 g/mol. The minimum atomic E-state index is 0.0781. The van der Waals surface area contributed by atoms with Crippen LogP contribution in [0.25, 0.3) is 0 Å². The predicted molar refractivity (Wildman–Crippen MR) is 65.8 cm³/mol. The Labute approximate surface area is 102 Å². The molecule has 4 heteroatoms. The van der Waals surface area contributed by atoms with E-state index in [1.165, 1.54) is 0 Å². The van der Waals surface area contributed by atoms with Crippen LogP contribution in [0.4, 0.5) is 0 Å². The summed E-state index contributed by atoms with van der Waals surface area (Å²) in [7, 11) is 0. The molecule has 0 N–H and O–H groups in total. The van der Waals surface area contributed by atoms with E-state index in [-0.39, 0.29) is 5.91 Å². The molecule has 4 nitrogen and oxygen atoms in total. The van der Waals surface area contributed by atoms with E-state index in [1.807, 2.05) is 18.7 Å². The fourth-order valence-corrected chi connectivity index (χ4v) is 2.18. The monoisotopic (exact) mass is 233 g/mol. The molecule has 17 heavy (non-hydrogen) atoms. The Bertz CT molecular complexity index is 423. The molecule has 1 fully saturated rings. The Balaban J connectivity index is 2.14. The van der Waals surface area contributed by atoms with Gasteiger partial charge in [0.05, 0.1) is 11.3 Å². The van der Waals surface area contributed by atoms with E-state index in [9.17, 15) is 4.79 Å². The molecule has 1 amide bonds. The van der Waals surface area contributed by atoms with E-state index in [4.69, 9.17) is 0 Å². The zero-order chi connectivity index (χ0) is 12.4. The van der Waals surface area contributed by atoms with Crippen LogP contribution in [0.3, 0.4) is 0 Å². The highest BCUT2D eigenvalue weighted by Crippen LogP contribution is 2.18. The summed E-state index contributed by atoms with van der Waals surface area (Å²) in [6.45, 7) is 7.65. The number of carbonyl (C=O) groups is 1. The average molecular weight is 233 g/mol. The molecule has 0 unspecified atom stereocenters. The molecule has 1 aliphatic rings. The fourth-order valence-electron chi connectivity index (χ4n) is 2.18. The number of aromatic nitrogens is 2. The number of carbonyl (C=O) groups excluding carboxylic acids is 1. The number of likely N-dealkylation sites (tertiary alicyclic amines) is 1. The minimum Gasteiger partial charge on any atom is -0.339 e. The molecule has 1 aromatic rings. The first-order valence-electron chi connectivity index (χ1n) is 6.17. The molecule has 1 aromatic heterocycles. The van der Waals surface area contributed by atoms with Gasteiger partial charge in [0, 0.05) is 19.3 Å². The molecule has 0 saturated carbocycles. The lowest BCUT2D eigenvalue weighted by atomic mass is 9.98. The van der Waals surface area contributed by atoms with Gasteiger partial charge in [-0.15, -0.1) is 0 Å². The van der Waals surface area contributed by atoms with Gasteiger partial charge in [0.25, 0.3) is 5.91 Å². The number of piperidine rings is 1. The summed E-state index contributed by atoms with van der Waals surface area (Å²) in [5.41, 5.74) is 1.42. The van der Waals surface area contributed by atoms with Crippen molar-refractivity contribution in [2.24, 2.45) is 5.92 Å². The van der Waals surface area contributed by atoms with Crippen LogP contribution >= 0.6 is 0 Å². The smallest absolute Gasteiger partial charge is 0.257 e. The van der Waals surface area contributed by atoms with Crippen LogP contribution in [0.5, 0.6) is 0 Å². The Morgan fingerprint density at radius 2 is 2.00 bits per heavy atom. The van der Waals surface area contributed by atoms with E-state index < -0.39 is 0 Å². The van der Waals surface area contributed by atoms with Crippen molar-refractivity contribution in [1.29, 1.82) is 0 Å². The average Bonchev–Trinajstić information content (AvgIpc) is 2.29. The van der Waals surface area contributed by atoms with Crippen LogP contribution in [-0.4, -0.2) is 33.9 Å². The Morgan fingerprint density at radius 3 is 2.59 bits per heavy atom. The summed E-state index contributed by atoms with van der Waals surface area (Å²) >= 11 is 0. The normalized spacial score (nSPS) is 17.2. The number of amides is 1. The van der Waals surface area contributed by atoms with Gasteiger partial charge in [-0.1, -0.05) is 6.92 Å². The summed E-state index contributed by atoms with van der Waals surface area (Å²) in [6, 6.07) is 0. The molecular formula is C13H19N3O. The molecule has 0 aliphatic carbocycles. The first-order valence-corrected chi connectivity index (χ1v) is 6.17. The zero-order valence-corrected chi connectivity index (χ0v) is 10.7. The molecule has 0 radical (unpaired) electrons. The van der Waals surface area contributed by atoms with Crippen LogP contribution in [0.1, 0.15) is 41.6 Å². The van der Waals surface area contributed by atoms with Crippen molar-refractivity contribution in [3.05, 3.63) is 23.3 Å². The van der Waals surface area contributed by atoms with Gasteiger partial charge < -0.3 is 4.90 Å². The van der Waals surface area contributed by atoms with E-state index in [0.717, 1.165) is 37.5 Å². The highest BCUT2D eigenvalue weighted by atomic mass is 16.2. The van der Waals surface area contributed by atoms with E-state index in [2.05, 4.69) is 16.9 Å². The first kappa shape index (κ1) is 12.0. The van der Waals surface area contributed by atoms with E-state index >= 15 is 0 Å². The van der Waals surface area contributed by atoms with Gasteiger partial charge in [-0.2, -0.15) is 0 Å². The van der Waals surface area contributed by atoms with Gasteiger partial charge >= 0.3 is 0 Å². The Morgan fingerprint density at radius 1 is 1.35 bits per heavy atom. The van der Waals surface area contributed by atoms with Gasteiger partial charge in [0.1, 0.15) is 5.82 Å². The number of aryl methyl sites for hydroxylation is 2. The molecule has 0 spiro atoms. The Hall–Kier alpha value is -1.45. The second kappa shape index (κ2) is 4.82. The number of rotatable bonds is 1. The zero-order valence-electron chi connectivity index (χ0n) is 10.7. The molecule has 1 saturated heterocycles. The number of hydrogen-bond donors (Lipinski definition) is 0. The number of nitrogens with zero attached hydrogens (tertiary/aromatic N) is 3. The second-order valence-corrected chi connectivity index (χ2v) is 4.89. The van der Waals surface area contributed by atoms with Crippen LogP contribution in [0.15, 0.2) is 6.20 Å². The summed E-state index contributed by atoms with van der Waals surface area (Å²) in [5.74, 6) is 1.52. The predicted octanol–water partition coefficient (Wildman–Crippen LogP) is 1.97. The molecule has 92 valence electrons. The van der Waals surface area contributed by atoms with Crippen molar-refractivity contribution in [2.45, 2.75) is 33.6 Å². The molecule has 2 rings (SSSR count).